The number of nitrogens with two attached hydrogens (primary N) is 1. The van der Waals surface area contributed by atoms with E-state index in [-0.39, 0.29) is 23.6 Å². The Morgan fingerprint density at radius 3 is 2.70 bits per heavy atom. The van der Waals surface area contributed by atoms with Gasteiger partial charge in [0.25, 0.3) is 5.91 Å². The minimum absolute atomic E-state index is 0.105. The lowest BCUT2D eigenvalue weighted by atomic mass is 10.2. The molecule has 1 atom stereocenters. The molecule has 0 spiro atoms. The second kappa shape index (κ2) is 9.62. The largest absolute Gasteiger partial charge is 0.367 e. The van der Waals surface area contributed by atoms with E-state index in [1.54, 1.807) is 23.1 Å². The zero-order valence-corrected chi connectivity index (χ0v) is 17.8. The highest BCUT2D eigenvalue weighted by molar-refractivity contribution is 6.33. The quantitative estimate of drug-likeness (QED) is 0.528. The molecule has 1 aromatic carbocycles. The summed E-state index contributed by atoms with van der Waals surface area (Å²) in [5.74, 6) is 0.0431. The zero-order chi connectivity index (χ0) is 21.7. The topological polar surface area (TPSA) is 125 Å². The van der Waals surface area contributed by atoms with Gasteiger partial charge in [0.05, 0.1) is 16.3 Å². The van der Waals surface area contributed by atoms with Crippen LogP contribution in [-0.2, 0) is 0 Å². The Balaban J connectivity index is 1.79. The van der Waals surface area contributed by atoms with Crippen LogP contribution >= 0.6 is 11.6 Å². The minimum atomic E-state index is -0.606. The molecule has 0 radical (unpaired) electrons. The Morgan fingerprint density at radius 2 is 2.03 bits per heavy atom. The molecule has 0 saturated carbocycles. The molecule has 9 nitrogen and oxygen atoms in total. The zero-order valence-electron chi connectivity index (χ0n) is 17.0. The van der Waals surface area contributed by atoms with Crippen molar-refractivity contribution < 1.29 is 9.59 Å². The number of aromatic nitrogens is 2. The van der Waals surface area contributed by atoms with Gasteiger partial charge in [-0.2, -0.15) is 4.98 Å². The highest BCUT2D eigenvalue weighted by Gasteiger charge is 2.19. The second-order valence-corrected chi connectivity index (χ2v) is 7.62. The average molecular weight is 432 g/mol. The molecule has 0 unspecified atom stereocenters. The molecule has 1 aliphatic heterocycles. The van der Waals surface area contributed by atoms with E-state index >= 15 is 0 Å². The van der Waals surface area contributed by atoms with Crippen molar-refractivity contribution in [3.8, 4) is 0 Å². The molecule has 2 heterocycles. The maximum atomic E-state index is 12.4. The van der Waals surface area contributed by atoms with E-state index in [1.165, 1.54) is 6.20 Å². The number of hydrogen-bond donors (Lipinski definition) is 4. The summed E-state index contributed by atoms with van der Waals surface area (Å²) in [7, 11) is 0. The number of carbonyl (C=O) groups is 2. The summed E-state index contributed by atoms with van der Waals surface area (Å²) >= 11 is 6.25. The number of carbonyl (C=O) groups excluding carboxylic acids is 2. The van der Waals surface area contributed by atoms with Gasteiger partial charge in [-0.1, -0.05) is 18.5 Å². The molecule has 1 aromatic heterocycles. The number of amides is 3. The van der Waals surface area contributed by atoms with Gasteiger partial charge in [-0.05, 0) is 44.4 Å². The van der Waals surface area contributed by atoms with Crippen LogP contribution in [0.25, 0.3) is 0 Å². The summed E-state index contributed by atoms with van der Waals surface area (Å²) in [5.41, 5.74) is 6.78. The molecule has 0 bridgehead atoms. The number of halogens is 1. The van der Waals surface area contributed by atoms with Gasteiger partial charge in [-0.3, -0.25) is 4.79 Å². The molecule has 5 N–H and O–H groups in total. The fourth-order valence-electron chi connectivity index (χ4n) is 3.01. The fraction of sp³-hybridized carbons (Fsp3) is 0.400. The van der Waals surface area contributed by atoms with Crippen LogP contribution in [0.3, 0.4) is 0 Å². The molecule has 2 aromatic rings. The molecular weight excluding hydrogens is 406 g/mol. The number of hydrogen-bond acceptors (Lipinski definition) is 6. The van der Waals surface area contributed by atoms with Crippen molar-refractivity contribution in [2.75, 3.05) is 29.0 Å². The van der Waals surface area contributed by atoms with E-state index in [1.807, 2.05) is 13.8 Å². The number of likely N-dealkylation sites (tertiary alicyclic amines) is 1. The smallest absolute Gasteiger partial charge is 0.321 e. The van der Waals surface area contributed by atoms with Crippen LogP contribution in [0, 0.1) is 0 Å². The van der Waals surface area contributed by atoms with Crippen molar-refractivity contribution in [3.05, 3.63) is 35.0 Å². The lowest BCUT2D eigenvalue weighted by Crippen LogP contribution is -2.32. The van der Waals surface area contributed by atoms with Gasteiger partial charge in [0.1, 0.15) is 5.82 Å². The van der Waals surface area contributed by atoms with Gasteiger partial charge < -0.3 is 26.6 Å². The first-order valence-electron chi connectivity index (χ1n) is 9.93. The number of primary amides is 1. The first kappa shape index (κ1) is 21.6. The number of anilines is 4. The summed E-state index contributed by atoms with van der Waals surface area (Å²) in [6, 6.07) is 5.08. The molecule has 1 aliphatic rings. The van der Waals surface area contributed by atoms with Crippen molar-refractivity contribution in [1.29, 1.82) is 0 Å². The van der Waals surface area contributed by atoms with Gasteiger partial charge in [-0.25, -0.2) is 9.78 Å². The predicted octanol–water partition coefficient (Wildman–Crippen LogP) is 3.81. The maximum absolute atomic E-state index is 12.4. The number of nitrogens with one attached hydrogen (secondary N) is 3. The molecule has 10 heteroatoms. The summed E-state index contributed by atoms with van der Waals surface area (Å²) < 4.78 is 0. The normalized spacial score (nSPS) is 14.3. The van der Waals surface area contributed by atoms with Crippen molar-refractivity contribution in [2.24, 2.45) is 5.73 Å². The van der Waals surface area contributed by atoms with E-state index in [4.69, 9.17) is 17.3 Å². The van der Waals surface area contributed by atoms with Crippen molar-refractivity contribution in [2.45, 2.75) is 39.2 Å². The molecular formula is C20H26ClN7O2. The molecule has 1 fully saturated rings. The van der Waals surface area contributed by atoms with Crippen molar-refractivity contribution in [1.82, 2.24) is 14.9 Å². The monoisotopic (exact) mass is 431 g/mol. The Hall–Kier alpha value is -3.07. The lowest BCUT2D eigenvalue weighted by Gasteiger charge is -2.18. The highest BCUT2D eigenvalue weighted by atomic mass is 35.5. The van der Waals surface area contributed by atoms with Crippen molar-refractivity contribution in [3.63, 3.8) is 0 Å². The highest BCUT2D eigenvalue weighted by Crippen LogP contribution is 2.28. The van der Waals surface area contributed by atoms with Crippen LogP contribution in [0.4, 0.5) is 27.9 Å². The van der Waals surface area contributed by atoms with Crippen LogP contribution in [0.1, 0.15) is 43.5 Å². The van der Waals surface area contributed by atoms with Gasteiger partial charge >= 0.3 is 6.03 Å². The maximum Gasteiger partial charge on any atom is 0.321 e. The average Bonchev–Trinajstić information content (AvgIpc) is 3.25. The Bertz CT molecular complexity index is 931. The molecule has 30 heavy (non-hydrogen) atoms. The van der Waals surface area contributed by atoms with Crippen molar-refractivity contribution >= 4 is 46.7 Å². The summed E-state index contributed by atoms with van der Waals surface area (Å²) in [4.78, 5) is 34.4. The fourth-order valence-corrected chi connectivity index (χ4v) is 3.18. The number of benzene rings is 1. The summed E-state index contributed by atoms with van der Waals surface area (Å²) in [6.07, 6.45) is 4.25. The molecule has 0 aliphatic carbocycles. The van der Waals surface area contributed by atoms with Crippen LogP contribution in [-0.4, -0.2) is 45.9 Å². The molecule has 1 saturated heterocycles. The van der Waals surface area contributed by atoms with E-state index in [9.17, 15) is 9.59 Å². The molecule has 3 amide bonds. The Labute approximate surface area is 180 Å². The third kappa shape index (κ3) is 5.29. The summed E-state index contributed by atoms with van der Waals surface area (Å²) in [5, 5.41) is 9.52. The van der Waals surface area contributed by atoms with Gasteiger partial charge in [0.15, 0.2) is 0 Å². The van der Waals surface area contributed by atoms with E-state index in [2.05, 4.69) is 25.9 Å². The molecule has 3 rings (SSSR count). The first-order valence-corrected chi connectivity index (χ1v) is 10.3. The van der Waals surface area contributed by atoms with Gasteiger partial charge in [0.2, 0.25) is 5.95 Å². The predicted molar refractivity (Wildman–Crippen MR) is 118 cm³/mol. The molecule has 160 valence electrons. The van der Waals surface area contributed by atoms with E-state index in [0.29, 0.717) is 22.2 Å². The second-order valence-electron chi connectivity index (χ2n) is 7.22. The van der Waals surface area contributed by atoms with Crippen LogP contribution in [0.2, 0.25) is 5.02 Å². The SMILES string of the molecule is CC[C@@H](C)Nc1nc(Nc2ccc(Cl)c(NC(=O)N3CCCC3)c2)ncc1C(N)=O. The lowest BCUT2D eigenvalue weighted by molar-refractivity contribution is 0.100. The summed E-state index contributed by atoms with van der Waals surface area (Å²) in [6.45, 7) is 5.49. The van der Waals surface area contributed by atoms with E-state index in [0.717, 1.165) is 32.4 Å². The van der Waals surface area contributed by atoms with Crippen LogP contribution < -0.4 is 21.7 Å². The third-order valence-corrected chi connectivity index (χ3v) is 5.24. The first-order chi connectivity index (χ1) is 14.4. The Kier molecular flexibility index (Phi) is 6.94. The Morgan fingerprint density at radius 1 is 1.30 bits per heavy atom. The van der Waals surface area contributed by atoms with Crippen LogP contribution in [0.15, 0.2) is 24.4 Å². The van der Waals surface area contributed by atoms with Gasteiger partial charge in [-0.15, -0.1) is 0 Å². The van der Waals surface area contributed by atoms with Gasteiger partial charge in [0, 0.05) is 31.0 Å². The number of rotatable bonds is 7. The standard InChI is InChI=1S/C20H26ClN7O2/c1-3-12(2)24-18-14(17(22)29)11-23-19(27-18)25-13-6-7-15(21)16(10-13)26-20(30)28-8-4-5-9-28/h6-7,10-12H,3-5,8-9H2,1-2H3,(H2,22,29)(H,26,30)(H2,23,24,25,27)/t12-/m1/s1. The third-order valence-electron chi connectivity index (χ3n) is 4.91. The minimum Gasteiger partial charge on any atom is -0.367 e. The van der Waals surface area contributed by atoms with E-state index < -0.39 is 5.91 Å². The number of urea groups is 1. The number of nitrogens with zero attached hydrogens (tertiary/aromatic N) is 3. The van der Waals surface area contributed by atoms with Crippen LogP contribution in [0.5, 0.6) is 0 Å².